The topological polar surface area (TPSA) is 170 Å². The van der Waals surface area contributed by atoms with Gasteiger partial charge < -0.3 is 30.6 Å². The lowest BCUT2D eigenvalue weighted by Gasteiger charge is -2.18. The SMILES string of the molecule is CCOC(=O)OC(C)OC(=O)CC1C(=O)NCC1CNC(=O)c1ccc(-c2ccc(C(=N)N)cc2)cc1.Cl. The van der Waals surface area contributed by atoms with Gasteiger partial charge in [-0.1, -0.05) is 36.4 Å². The molecule has 0 aliphatic carbocycles. The van der Waals surface area contributed by atoms with E-state index in [1.165, 1.54) is 6.92 Å². The van der Waals surface area contributed by atoms with Crippen molar-refractivity contribution in [2.75, 3.05) is 19.7 Å². The summed E-state index contributed by atoms with van der Waals surface area (Å²) in [6.45, 7) is 3.59. The van der Waals surface area contributed by atoms with Gasteiger partial charge >= 0.3 is 12.1 Å². The molecule has 1 fully saturated rings. The summed E-state index contributed by atoms with van der Waals surface area (Å²) in [7, 11) is 0. The van der Waals surface area contributed by atoms with Crippen molar-refractivity contribution in [2.45, 2.75) is 26.6 Å². The van der Waals surface area contributed by atoms with Crippen LogP contribution in [0.15, 0.2) is 48.5 Å². The quantitative estimate of drug-likeness (QED) is 0.152. The molecule has 0 bridgehead atoms. The van der Waals surface area contributed by atoms with E-state index in [0.29, 0.717) is 17.7 Å². The highest BCUT2D eigenvalue weighted by molar-refractivity contribution is 5.96. The average molecular weight is 547 g/mol. The van der Waals surface area contributed by atoms with Crippen molar-refractivity contribution in [3.05, 3.63) is 59.7 Å². The largest absolute Gasteiger partial charge is 0.511 e. The molecular weight excluding hydrogens is 516 g/mol. The fourth-order valence-corrected chi connectivity index (χ4v) is 3.90. The molecule has 11 nitrogen and oxygen atoms in total. The molecule has 1 aliphatic rings. The number of benzene rings is 2. The first-order valence-electron chi connectivity index (χ1n) is 11.8. The summed E-state index contributed by atoms with van der Waals surface area (Å²) in [6.07, 6.45) is -2.34. The Kier molecular flexibility index (Phi) is 11.1. The smallest absolute Gasteiger partial charge is 0.435 e. The summed E-state index contributed by atoms with van der Waals surface area (Å²) in [5, 5.41) is 13.0. The van der Waals surface area contributed by atoms with E-state index in [9.17, 15) is 19.2 Å². The third-order valence-corrected chi connectivity index (χ3v) is 5.85. The second kappa shape index (κ2) is 14.0. The fraction of sp³-hybridized carbons (Fsp3) is 0.346. The van der Waals surface area contributed by atoms with Gasteiger partial charge in [0.15, 0.2) is 0 Å². The summed E-state index contributed by atoms with van der Waals surface area (Å²) in [5.41, 5.74) is 8.38. The summed E-state index contributed by atoms with van der Waals surface area (Å²) in [4.78, 5) is 48.5. The van der Waals surface area contributed by atoms with Crippen LogP contribution in [0.2, 0.25) is 0 Å². The molecule has 0 radical (unpaired) electrons. The molecule has 0 spiro atoms. The molecule has 204 valence electrons. The number of hydrogen-bond acceptors (Lipinski definition) is 8. The standard InChI is InChI=1S/C26H30N4O7.ClH/c1-3-35-26(34)37-15(2)36-22(31)12-21-20(14-30-25(21)33)13-29-24(32)19-10-6-17(7-11-19)16-4-8-18(9-5-16)23(27)28;/h4-11,15,20-21H,3,12-14H2,1-2H3,(H3,27,28)(H,29,32)(H,30,33);1H. The monoisotopic (exact) mass is 546 g/mol. The molecule has 38 heavy (non-hydrogen) atoms. The summed E-state index contributed by atoms with van der Waals surface area (Å²) in [6, 6.07) is 14.2. The number of amidine groups is 1. The molecule has 1 heterocycles. The molecule has 0 aromatic heterocycles. The van der Waals surface area contributed by atoms with E-state index in [0.717, 1.165) is 11.1 Å². The lowest BCUT2D eigenvalue weighted by Crippen LogP contribution is -2.34. The normalized spacial score (nSPS) is 16.8. The predicted octanol–water partition coefficient (Wildman–Crippen LogP) is 2.60. The van der Waals surface area contributed by atoms with Crippen LogP contribution in [0, 0.1) is 17.2 Å². The van der Waals surface area contributed by atoms with Crippen LogP contribution < -0.4 is 16.4 Å². The maximum Gasteiger partial charge on any atom is 0.511 e. The number of amides is 2. The minimum atomic E-state index is -1.16. The second-order valence-electron chi connectivity index (χ2n) is 8.45. The van der Waals surface area contributed by atoms with E-state index in [-0.39, 0.29) is 55.5 Å². The minimum absolute atomic E-state index is 0. The Balaban J connectivity index is 0.00000507. The second-order valence-corrected chi connectivity index (χ2v) is 8.45. The van der Waals surface area contributed by atoms with E-state index in [1.807, 2.05) is 24.3 Å². The number of rotatable bonds is 10. The summed E-state index contributed by atoms with van der Waals surface area (Å²) >= 11 is 0. The molecule has 2 aromatic carbocycles. The number of ether oxygens (including phenoxy) is 3. The van der Waals surface area contributed by atoms with Gasteiger partial charge in [0.1, 0.15) is 5.84 Å². The van der Waals surface area contributed by atoms with Crippen molar-refractivity contribution in [1.82, 2.24) is 10.6 Å². The first kappa shape index (κ1) is 30.1. The Hall–Kier alpha value is -4.12. The maximum absolute atomic E-state index is 12.7. The van der Waals surface area contributed by atoms with Crippen LogP contribution in [0.25, 0.3) is 11.1 Å². The number of nitrogens with one attached hydrogen (secondary N) is 3. The van der Waals surface area contributed by atoms with Crippen LogP contribution in [-0.2, 0) is 23.8 Å². The number of esters is 1. The molecule has 1 saturated heterocycles. The van der Waals surface area contributed by atoms with E-state index in [1.54, 1.807) is 31.2 Å². The van der Waals surface area contributed by atoms with Gasteiger partial charge in [-0.15, -0.1) is 12.4 Å². The molecule has 3 atom stereocenters. The number of carbonyl (C=O) groups excluding carboxylic acids is 4. The van der Waals surface area contributed by atoms with Gasteiger partial charge in [-0.05, 0) is 30.2 Å². The number of nitrogens with two attached hydrogens (primary N) is 1. The lowest BCUT2D eigenvalue weighted by molar-refractivity contribution is -0.169. The van der Waals surface area contributed by atoms with Crippen LogP contribution >= 0.6 is 12.4 Å². The van der Waals surface area contributed by atoms with Gasteiger partial charge in [-0.25, -0.2) is 4.79 Å². The first-order chi connectivity index (χ1) is 17.7. The Morgan fingerprint density at radius 1 is 1.05 bits per heavy atom. The van der Waals surface area contributed by atoms with E-state index < -0.39 is 24.3 Å². The van der Waals surface area contributed by atoms with Gasteiger partial charge in [-0.3, -0.25) is 19.8 Å². The highest BCUT2D eigenvalue weighted by Crippen LogP contribution is 2.23. The van der Waals surface area contributed by atoms with Crippen LogP contribution in [0.4, 0.5) is 4.79 Å². The fourth-order valence-electron chi connectivity index (χ4n) is 3.90. The Bertz CT molecular complexity index is 1160. The van der Waals surface area contributed by atoms with Crippen LogP contribution in [0.5, 0.6) is 0 Å². The average Bonchev–Trinajstić information content (AvgIpc) is 3.21. The summed E-state index contributed by atoms with van der Waals surface area (Å²) < 4.78 is 14.4. The van der Waals surface area contributed by atoms with Crippen molar-refractivity contribution in [1.29, 1.82) is 5.41 Å². The maximum atomic E-state index is 12.7. The van der Waals surface area contributed by atoms with Crippen LogP contribution in [0.1, 0.15) is 36.2 Å². The molecule has 5 N–H and O–H groups in total. The third-order valence-electron chi connectivity index (χ3n) is 5.85. The molecule has 3 unspecified atom stereocenters. The predicted molar refractivity (Wildman–Crippen MR) is 141 cm³/mol. The Morgan fingerprint density at radius 3 is 2.18 bits per heavy atom. The molecule has 2 amide bonds. The Labute approximate surface area is 226 Å². The van der Waals surface area contributed by atoms with Gasteiger partial charge in [0.2, 0.25) is 12.2 Å². The van der Waals surface area contributed by atoms with E-state index >= 15 is 0 Å². The Morgan fingerprint density at radius 2 is 1.63 bits per heavy atom. The van der Waals surface area contributed by atoms with Crippen molar-refractivity contribution >= 4 is 42.2 Å². The van der Waals surface area contributed by atoms with Crippen LogP contribution in [0.3, 0.4) is 0 Å². The van der Waals surface area contributed by atoms with E-state index in [4.69, 9.17) is 20.6 Å². The number of hydrogen-bond donors (Lipinski definition) is 4. The zero-order valence-electron chi connectivity index (χ0n) is 21.0. The highest BCUT2D eigenvalue weighted by Gasteiger charge is 2.37. The number of carbonyl (C=O) groups is 4. The van der Waals surface area contributed by atoms with Crippen molar-refractivity contribution in [3.8, 4) is 11.1 Å². The zero-order chi connectivity index (χ0) is 26.9. The lowest BCUT2D eigenvalue weighted by atomic mass is 9.92. The van der Waals surface area contributed by atoms with Gasteiger partial charge in [0, 0.05) is 37.1 Å². The van der Waals surface area contributed by atoms with Crippen molar-refractivity contribution < 1.29 is 33.4 Å². The number of nitrogen functional groups attached to an aromatic ring is 1. The molecule has 2 aromatic rings. The minimum Gasteiger partial charge on any atom is -0.435 e. The highest BCUT2D eigenvalue weighted by atomic mass is 35.5. The molecular formula is C26H31ClN4O7. The van der Waals surface area contributed by atoms with E-state index in [2.05, 4.69) is 15.4 Å². The molecule has 12 heteroatoms. The van der Waals surface area contributed by atoms with Crippen molar-refractivity contribution in [3.63, 3.8) is 0 Å². The van der Waals surface area contributed by atoms with Crippen LogP contribution in [-0.4, -0.2) is 55.8 Å². The van der Waals surface area contributed by atoms with Gasteiger partial charge in [0.25, 0.3) is 5.91 Å². The van der Waals surface area contributed by atoms with Gasteiger partial charge in [0.05, 0.1) is 18.9 Å². The zero-order valence-corrected chi connectivity index (χ0v) is 21.8. The molecule has 0 saturated carbocycles. The third kappa shape index (κ3) is 8.20. The first-order valence-corrected chi connectivity index (χ1v) is 11.8. The van der Waals surface area contributed by atoms with Gasteiger partial charge in [-0.2, -0.15) is 0 Å². The molecule has 3 rings (SSSR count). The number of halogens is 1. The molecule has 1 aliphatic heterocycles. The van der Waals surface area contributed by atoms with Crippen molar-refractivity contribution in [2.24, 2.45) is 17.6 Å². The summed E-state index contributed by atoms with van der Waals surface area (Å²) in [5.74, 6) is -2.34.